The predicted octanol–water partition coefficient (Wildman–Crippen LogP) is 4.54. The largest absolute Gasteiger partial charge is 0.493 e. The lowest BCUT2D eigenvalue weighted by Gasteiger charge is -2.13. The van der Waals surface area contributed by atoms with Gasteiger partial charge in [-0.05, 0) is 49.1 Å². The fraction of sp³-hybridized carbons (Fsp3) is 0.143. The Balaban J connectivity index is 1.89. The number of rotatable bonds is 8. The number of ether oxygens (including phenoxy) is 1. The van der Waals surface area contributed by atoms with Crippen LogP contribution < -0.4 is 14.2 Å². The Morgan fingerprint density at radius 1 is 1.29 bits per heavy atom. The average Bonchev–Trinajstić information content (AvgIpc) is 3.26. The van der Waals surface area contributed by atoms with Crippen LogP contribution in [0, 0.1) is 18.3 Å². The zero-order valence-electron chi connectivity index (χ0n) is 18.0. The predicted molar refractivity (Wildman–Crippen MR) is 131 cm³/mol. The van der Waals surface area contributed by atoms with Crippen molar-refractivity contribution in [2.24, 2.45) is 0 Å². The number of hydrogen-bond acceptors (Lipinski definition) is 10. The lowest BCUT2D eigenvalue weighted by atomic mass is 10.1. The number of nitrogens with zero attached hydrogens (tertiary/aromatic N) is 3. The van der Waals surface area contributed by atoms with Gasteiger partial charge in [0, 0.05) is 11.5 Å². The zero-order chi connectivity index (χ0) is 24.9. The van der Waals surface area contributed by atoms with Crippen LogP contribution in [0.2, 0.25) is 5.02 Å². The van der Waals surface area contributed by atoms with E-state index in [1.165, 1.54) is 49.2 Å². The van der Waals surface area contributed by atoms with Crippen LogP contribution >= 0.6 is 34.9 Å². The minimum atomic E-state index is -4.18. The standard InChI is InChI=1S/C21H17ClN4O5S3/c1-12-4-6-15(7-5-12)34(28,29)31-18-16(22)9-13(10-17(18)30-2)8-14(11-23)19(27)24-20-25-21(32-3)26-33-20/h4-10H,1-3H3,(H,24,25,26,27). The van der Waals surface area contributed by atoms with Crippen LogP contribution in [-0.2, 0) is 14.9 Å². The molecule has 0 fully saturated rings. The first-order chi connectivity index (χ1) is 16.2. The Hall–Kier alpha value is -3.11. The number of thioether (sulfide) groups is 1. The second-order valence-corrected chi connectivity index (χ2v) is 10.1. The Kier molecular flexibility index (Phi) is 8.16. The van der Waals surface area contributed by atoms with Gasteiger partial charge in [0.15, 0.2) is 5.75 Å². The van der Waals surface area contributed by atoms with Gasteiger partial charge in [-0.15, -0.1) is 0 Å². The van der Waals surface area contributed by atoms with Crippen LogP contribution in [0.3, 0.4) is 0 Å². The molecule has 13 heteroatoms. The molecule has 0 atom stereocenters. The highest BCUT2D eigenvalue weighted by atomic mass is 35.5. The van der Waals surface area contributed by atoms with Gasteiger partial charge in [-0.3, -0.25) is 10.1 Å². The molecule has 0 spiro atoms. The van der Waals surface area contributed by atoms with Gasteiger partial charge in [-0.25, -0.2) is 0 Å². The lowest BCUT2D eigenvalue weighted by molar-refractivity contribution is -0.112. The van der Waals surface area contributed by atoms with Crippen LogP contribution in [0.15, 0.2) is 52.0 Å². The van der Waals surface area contributed by atoms with E-state index in [0.29, 0.717) is 10.7 Å². The SMILES string of the molecule is COc1cc(C=C(C#N)C(=O)Nc2nc(SC)ns2)cc(Cl)c1OS(=O)(=O)c1ccc(C)cc1. The summed E-state index contributed by atoms with van der Waals surface area (Å²) in [6.07, 6.45) is 3.07. The number of aryl methyl sites for hydroxylation is 1. The normalized spacial score (nSPS) is 11.6. The van der Waals surface area contributed by atoms with Crippen molar-refractivity contribution in [2.75, 3.05) is 18.7 Å². The van der Waals surface area contributed by atoms with Crippen molar-refractivity contribution in [1.29, 1.82) is 5.26 Å². The topological polar surface area (TPSA) is 131 Å². The Morgan fingerprint density at radius 3 is 2.59 bits per heavy atom. The number of halogens is 1. The molecule has 0 bridgehead atoms. The van der Waals surface area contributed by atoms with E-state index < -0.39 is 16.0 Å². The highest BCUT2D eigenvalue weighted by Crippen LogP contribution is 2.39. The number of nitrogens with one attached hydrogen (secondary N) is 1. The van der Waals surface area contributed by atoms with E-state index in [1.807, 2.05) is 13.0 Å². The number of benzene rings is 2. The fourth-order valence-electron chi connectivity index (χ4n) is 2.59. The monoisotopic (exact) mass is 536 g/mol. The van der Waals surface area contributed by atoms with Gasteiger partial charge < -0.3 is 8.92 Å². The van der Waals surface area contributed by atoms with E-state index in [0.717, 1.165) is 17.1 Å². The third kappa shape index (κ3) is 6.06. The van der Waals surface area contributed by atoms with E-state index in [2.05, 4.69) is 14.7 Å². The van der Waals surface area contributed by atoms with Crippen molar-refractivity contribution in [3.8, 4) is 17.6 Å². The van der Waals surface area contributed by atoms with Crippen LogP contribution in [0.1, 0.15) is 11.1 Å². The highest BCUT2D eigenvalue weighted by molar-refractivity contribution is 7.98. The summed E-state index contributed by atoms with van der Waals surface area (Å²) in [6, 6.07) is 10.7. The van der Waals surface area contributed by atoms with E-state index >= 15 is 0 Å². The third-order valence-corrected chi connectivity index (χ3v) is 7.05. The Morgan fingerprint density at radius 2 is 2.00 bits per heavy atom. The van der Waals surface area contributed by atoms with Crippen molar-refractivity contribution in [2.45, 2.75) is 17.0 Å². The Labute approximate surface area is 209 Å². The maximum absolute atomic E-state index is 12.7. The molecular formula is C21H17ClN4O5S3. The molecule has 1 heterocycles. The first-order valence-electron chi connectivity index (χ1n) is 9.36. The molecule has 0 radical (unpaired) electrons. The van der Waals surface area contributed by atoms with Crippen molar-refractivity contribution in [3.05, 3.63) is 58.1 Å². The summed E-state index contributed by atoms with van der Waals surface area (Å²) in [5, 5.41) is 12.6. The van der Waals surface area contributed by atoms with Crippen molar-refractivity contribution in [3.63, 3.8) is 0 Å². The molecule has 34 heavy (non-hydrogen) atoms. The maximum atomic E-state index is 12.7. The van der Waals surface area contributed by atoms with Crippen LogP contribution in [-0.4, -0.2) is 37.0 Å². The number of carbonyl (C=O) groups excluding carboxylic acids is 1. The van der Waals surface area contributed by atoms with E-state index in [-0.39, 0.29) is 32.1 Å². The number of anilines is 1. The molecule has 0 saturated carbocycles. The summed E-state index contributed by atoms with van der Waals surface area (Å²) >= 11 is 8.59. The summed E-state index contributed by atoms with van der Waals surface area (Å²) < 4.78 is 39.9. The van der Waals surface area contributed by atoms with E-state index in [1.54, 1.807) is 18.4 Å². The molecule has 1 aromatic heterocycles. The lowest BCUT2D eigenvalue weighted by Crippen LogP contribution is -2.13. The third-order valence-electron chi connectivity index (χ3n) is 4.24. The van der Waals surface area contributed by atoms with Crippen LogP contribution in [0.5, 0.6) is 11.5 Å². The number of hydrogen-bond donors (Lipinski definition) is 1. The maximum Gasteiger partial charge on any atom is 0.339 e. The molecule has 0 saturated heterocycles. The summed E-state index contributed by atoms with van der Waals surface area (Å²) in [6.45, 7) is 1.83. The molecule has 1 N–H and O–H groups in total. The summed E-state index contributed by atoms with van der Waals surface area (Å²) in [7, 11) is -2.88. The smallest absolute Gasteiger partial charge is 0.339 e. The average molecular weight is 537 g/mol. The molecule has 176 valence electrons. The number of methoxy groups -OCH3 is 1. The minimum absolute atomic E-state index is 0.000806. The summed E-state index contributed by atoms with van der Waals surface area (Å²) in [5.74, 6) is -0.909. The first kappa shape index (κ1) is 25.5. The Bertz CT molecular complexity index is 1400. The molecular weight excluding hydrogens is 520 g/mol. The molecule has 0 aliphatic heterocycles. The molecule has 1 amide bonds. The van der Waals surface area contributed by atoms with Gasteiger partial charge in [-0.2, -0.15) is 23.0 Å². The van der Waals surface area contributed by atoms with Gasteiger partial charge in [-0.1, -0.05) is 41.1 Å². The number of carbonyl (C=O) groups is 1. The number of nitriles is 1. The zero-order valence-corrected chi connectivity index (χ0v) is 21.2. The molecule has 9 nitrogen and oxygen atoms in total. The van der Waals surface area contributed by atoms with Gasteiger partial charge >= 0.3 is 10.1 Å². The molecule has 3 aromatic rings. The quantitative estimate of drug-likeness (QED) is 0.190. The van der Waals surface area contributed by atoms with Gasteiger partial charge in [0.2, 0.25) is 16.0 Å². The van der Waals surface area contributed by atoms with Gasteiger partial charge in [0.25, 0.3) is 5.91 Å². The molecule has 3 rings (SSSR count). The highest BCUT2D eigenvalue weighted by Gasteiger charge is 2.22. The molecule has 0 aliphatic carbocycles. The minimum Gasteiger partial charge on any atom is -0.493 e. The number of amides is 1. The van der Waals surface area contributed by atoms with Crippen molar-refractivity contribution in [1.82, 2.24) is 9.36 Å². The van der Waals surface area contributed by atoms with E-state index in [4.69, 9.17) is 20.5 Å². The number of aromatic nitrogens is 2. The van der Waals surface area contributed by atoms with Crippen LogP contribution in [0.25, 0.3) is 6.08 Å². The first-order valence-corrected chi connectivity index (χ1v) is 13.1. The van der Waals surface area contributed by atoms with Crippen LogP contribution in [0.4, 0.5) is 5.13 Å². The van der Waals surface area contributed by atoms with Gasteiger partial charge in [0.1, 0.15) is 16.5 Å². The fourth-order valence-corrected chi connectivity index (χ4v) is 4.97. The summed E-state index contributed by atoms with van der Waals surface area (Å²) in [4.78, 5) is 16.5. The summed E-state index contributed by atoms with van der Waals surface area (Å²) in [5.41, 5.74) is 0.967. The second kappa shape index (κ2) is 10.9. The van der Waals surface area contributed by atoms with Crippen molar-refractivity contribution < 1.29 is 22.1 Å². The van der Waals surface area contributed by atoms with Gasteiger partial charge in [0.05, 0.1) is 12.1 Å². The van der Waals surface area contributed by atoms with E-state index in [9.17, 15) is 18.5 Å². The molecule has 2 aromatic carbocycles. The molecule has 0 aliphatic rings. The molecule has 0 unspecified atom stereocenters. The second-order valence-electron chi connectivity index (χ2n) is 6.59. The van der Waals surface area contributed by atoms with Crippen molar-refractivity contribution >= 4 is 62.1 Å².